The molecule has 0 aromatic rings. The molecule has 0 aliphatic carbocycles. The Kier molecular flexibility index (Phi) is 8.83. The van der Waals surface area contributed by atoms with Gasteiger partial charge in [-0.05, 0) is 53.4 Å². The molecule has 0 bridgehead atoms. The molecule has 1 atom stereocenters. The number of esters is 1. The van der Waals surface area contributed by atoms with E-state index in [0.717, 1.165) is 12.8 Å². The van der Waals surface area contributed by atoms with Gasteiger partial charge in [-0.1, -0.05) is 13.0 Å². The van der Waals surface area contributed by atoms with E-state index in [1.807, 2.05) is 26.8 Å². The van der Waals surface area contributed by atoms with Crippen LogP contribution in [0.3, 0.4) is 0 Å². The molecule has 1 amide bonds. The van der Waals surface area contributed by atoms with Crippen molar-refractivity contribution in [3.05, 3.63) is 11.6 Å². The molecule has 0 heterocycles. The number of hydrogen-bond donors (Lipinski definition) is 0. The zero-order valence-corrected chi connectivity index (χ0v) is 15.1. The number of allylic oxidation sites excluding steroid dienone is 1. The summed E-state index contributed by atoms with van der Waals surface area (Å²) < 4.78 is 10.3. The predicted octanol–water partition coefficient (Wildman–Crippen LogP) is 3.78. The summed E-state index contributed by atoms with van der Waals surface area (Å²) in [5.41, 5.74) is 0.129. The SMILES string of the molecule is CCOC(=O)/C(C)=C/C(CC)CCN(C)C(=O)OC(C)(C)C. The van der Waals surface area contributed by atoms with E-state index < -0.39 is 5.60 Å². The van der Waals surface area contributed by atoms with Gasteiger partial charge in [0.05, 0.1) is 6.61 Å². The minimum Gasteiger partial charge on any atom is -0.463 e. The minimum absolute atomic E-state index is 0.231. The number of rotatable bonds is 7. The quantitative estimate of drug-likeness (QED) is 0.530. The fourth-order valence-electron chi connectivity index (χ4n) is 1.86. The lowest BCUT2D eigenvalue weighted by molar-refractivity contribution is -0.138. The highest BCUT2D eigenvalue weighted by molar-refractivity contribution is 5.87. The fraction of sp³-hybridized carbons (Fsp3) is 0.765. The van der Waals surface area contributed by atoms with Crippen LogP contribution < -0.4 is 0 Å². The summed E-state index contributed by atoms with van der Waals surface area (Å²) in [6.07, 6.45) is 3.29. The molecule has 0 rings (SSSR count). The number of carbonyl (C=O) groups is 2. The predicted molar refractivity (Wildman–Crippen MR) is 87.7 cm³/mol. The first-order valence-electron chi connectivity index (χ1n) is 7.90. The van der Waals surface area contributed by atoms with E-state index in [1.54, 1.807) is 25.8 Å². The monoisotopic (exact) mass is 313 g/mol. The lowest BCUT2D eigenvalue weighted by atomic mass is 9.99. The third-order valence-electron chi connectivity index (χ3n) is 3.15. The average Bonchev–Trinajstić information content (AvgIpc) is 2.40. The second kappa shape index (κ2) is 9.49. The fourth-order valence-corrected chi connectivity index (χ4v) is 1.86. The minimum atomic E-state index is -0.490. The summed E-state index contributed by atoms with van der Waals surface area (Å²) in [7, 11) is 1.72. The molecule has 0 aliphatic rings. The van der Waals surface area contributed by atoms with Gasteiger partial charge in [-0.25, -0.2) is 9.59 Å². The Labute approximate surface area is 134 Å². The number of ether oxygens (including phenoxy) is 2. The molecule has 0 aromatic heterocycles. The van der Waals surface area contributed by atoms with Crippen molar-refractivity contribution >= 4 is 12.1 Å². The van der Waals surface area contributed by atoms with Crippen molar-refractivity contribution in [1.82, 2.24) is 4.90 Å². The van der Waals surface area contributed by atoms with Crippen molar-refractivity contribution in [1.29, 1.82) is 0 Å². The van der Waals surface area contributed by atoms with Gasteiger partial charge in [-0.2, -0.15) is 0 Å². The number of amides is 1. The summed E-state index contributed by atoms with van der Waals surface area (Å²) in [6, 6.07) is 0. The second-order valence-corrected chi connectivity index (χ2v) is 6.43. The van der Waals surface area contributed by atoms with Gasteiger partial charge < -0.3 is 14.4 Å². The van der Waals surface area contributed by atoms with Crippen LogP contribution >= 0.6 is 0 Å². The van der Waals surface area contributed by atoms with Gasteiger partial charge >= 0.3 is 12.1 Å². The van der Waals surface area contributed by atoms with Crippen LogP contribution in [0.2, 0.25) is 0 Å². The first-order valence-corrected chi connectivity index (χ1v) is 7.90. The first kappa shape index (κ1) is 20.5. The molecule has 0 N–H and O–H groups in total. The Morgan fingerprint density at radius 3 is 2.27 bits per heavy atom. The van der Waals surface area contributed by atoms with Gasteiger partial charge in [-0.15, -0.1) is 0 Å². The Hall–Kier alpha value is -1.52. The Morgan fingerprint density at radius 2 is 1.82 bits per heavy atom. The van der Waals surface area contributed by atoms with Crippen molar-refractivity contribution in [2.45, 2.75) is 60.0 Å². The summed E-state index contributed by atoms with van der Waals surface area (Å²) in [4.78, 5) is 25.1. The second-order valence-electron chi connectivity index (χ2n) is 6.43. The Morgan fingerprint density at radius 1 is 1.23 bits per heavy atom. The van der Waals surface area contributed by atoms with E-state index in [4.69, 9.17) is 9.47 Å². The third-order valence-corrected chi connectivity index (χ3v) is 3.15. The standard InChI is InChI=1S/C17H31NO4/c1-8-14(12-13(3)15(19)21-9-2)10-11-18(7)16(20)22-17(4,5)6/h12,14H,8-11H2,1-7H3/b13-12+. The average molecular weight is 313 g/mol. The highest BCUT2D eigenvalue weighted by Crippen LogP contribution is 2.15. The van der Waals surface area contributed by atoms with Crippen LogP contribution in [-0.4, -0.2) is 42.8 Å². The van der Waals surface area contributed by atoms with Gasteiger partial charge in [0.25, 0.3) is 0 Å². The van der Waals surface area contributed by atoms with Crippen LogP contribution in [0, 0.1) is 5.92 Å². The zero-order chi connectivity index (χ0) is 17.3. The van der Waals surface area contributed by atoms with Crippen molar-refractivity contribution in [2.75, 3.05) is 20.2 Å². The third kappa shape index (κ3) is 8.70. The smallest absolute Gasteiger partial charge is 0.410 e. The summed E-state index contributed by atoms with van der Waals surface area (Å²) in [5.74, 6) is -0.0456. The van der Waals surface area contributed by atoms with Crippen LogP contribution in [0.5, 0.6) is 0 Å². The lowest BCUT2D eigenvalue weighted by Crippen LogP contribution is -2.35. The highest BCUT2D eigenvalue weighted by Gasteiger charge is 2.20. The van der Waals surface area contributed by atoms with E-state index in [1.165, 1.54) is 0 Å². The largest absolute Gasteiger partial charge is 0.463 e. The van der Waals surface area contributed by atoms with Gasteiger partial charge in [0.15, 0.2) is 0 Å². The molecule has 1 unspecified atom stereocenters. The molecule has 5 nitrogen and oxygen atoms in total. The van der Waals surface area contributed by atoms with Crippen LogP contribution in [0.4, 0.5) is 4.79 Å². The summed E-state index contributed by atoms with van der Waals surface area (Å²) in [6.45, 7) is 12.1. The topological polar surface area (TPSA) is 55.8 Å². The molecule has 0 spiro atoms. The lowest BCUT2D eigenvalue weighted by Gasteiger charge is -2.25. The van der Waals surface area contributed by atoms with E-state index >= 15 is 0 Å². The zero-order valence-electron chi connectivity index (χ0n) is 15.1. The molecule has 5 heteroatoms. The molecule has 0 saturated carbocycles. The van der Waals surface area contributed by atoms with E-state index in [9.17, 15) is 9.59 Å². The van der Waals surface area contributed by atoms with Gasteiger partial charge in [0, 0.05) is 19.2 Å². The molecular weight excluding hydrogens is 282 g/mol. The van der Waals surface area contributed by atoms with E-state index in [-0.39, 0.29) is 18.0 Å². The summed E-state index contributed by atoms with van der Waals surface area (Å²) >= 11 is 0. The van der Waals surface area contributed by atoms with Gasteiger partial charge in [0.2, 0.25) is 0 Å². The number of carbonyl (C=O) groups excluding carboxylic acids is 2. The van der Waals surface area contributed by atoms with E-state index in [2.05, 4.69) is 6.92 Å². The normalized spacial score (nSPS) is 13.5. The highest BCUT2D eigenvalue weighted by atomic mass is 16.6. The maximum absolute atomic E-state index is 11.9. The van der Waals surface area contributed by atoms with Crippen molar-refractivity contribution in [2.24, 2.45) is 5.92 Å². The Bertz CT molecular complexity index is 396. The maximum atomic E-state index is 11.9. The molecule has 0 radical (unpaired) electrons. The van der Waals surface area contributed by atoms with Crippen LogP contribution in [0.25, 0.3) is 0 Å². The molecule has 0 aromatic carbocycles. The Balaban J connectivity index is 4.49. The molecule has 0 saturated heterocycles. The molecule has 0 aliphatic heterocycles. The van der Waals surface area contributed by atoms with E-state index in [0.29, 0.717) is 18.7 Å². The van der Waals surface area contributed by atoms with Crippen molar-refractivity contribution < 1.29 is 19.1 Å². The van der Waals surface area contributed by atoms with Gasteiger partial charge in [-0.3, -0.25) is 0 Å². The van der Waals surface area contributed by atoms with Crippen LogP contribution in [0.15, 0.2) is 11.6 Å². The maximum Gasteiger partial charge on any atom is 0.410 e. The molecule has 0 fully saturated rings. The van der Waals surface area contributed by atoms with Crippen molar-refractivity contribution in [3.8, 4) is 0 Å². The molecule has 22 heavy (non-hydrogen) atoms. The van der Waals surface area contributed by atoms with Gasteiger partial charge in [0.1, 0.15) is 5.60 Å². The van der Waals surface area contributed by atoms with Crippen LogP contribution in [0.1, 0.15) is 54.4 Å². The molecule has 128 valence electrons. The number of nitrogens with zero attached hydrogens (tertiary/aromatic N) is 1. The summed E-state index contributed by atoms with van der Waals surface area (Å²) in [5, 5.41) is 0. The van der Waals surface area contributed by atoms with Crippen LogP contribution in [-0.2, 0) is 14.3 Å². The molecular formula is C17H31NO4. The first-order chi connectivity index (χ1) is 10.1. The number of hydrogen-bond acceptors (Lipinski definition) is 4. The van der Waals surface area contributed by atoms with Crippen molar-refractivity contribution in [3.63, 3.8) is 0 Å².